The zero-order chi connectivity index (χ0) is 24.2. The Hall–Kier alpha value is -4.13. The molecule has 3 aromatic rings. The number of alkyl carbamates (subject to hydrolysis) is 1. The molecule has 1 aliphatic carbocycles. The summed E-state index contributed by atoms with van der Waals surface area (Å²) in [5.41, 5.74) is 5.91. The molecule has 4 rings (SSSR count). The van der Waals surface area contributed by atoms with E-state index in [2.05, 4.69) is 22.8 Å². The zero-order valence-electron chi connectivity index (χ0n) is 18.9. The largest absolute Gasteiger partial charge is 0.480 e. The van der Waals surface area contributed by atoms with Gasteiger partial charge in [0.25, 0.3) is 0 Å². The van der Waals surface area contributed by atoms with Gasteiger partial charge in [0.2, 0.25) is 5.91 Å². The third-order valence-corrected chi connectivity index (χ3v) is 6.01. The highest BCUT2D eigenvalue weighted by molar-refractivity contribution is 5.90. The van der Waals surface area contributed by atoms with Gasteiger partial charge in [-0.25, -0.2) is 4.79 Å². The number of hydrogen-bond donors (Lipinski definition) is 3. The maximum Gasteiger partial charge on any atom is 0.408 e. The van der Waals surface area contributed by atoms with Crippen molar-refractivity contribution >= 4 is 18.0 Å². The summed E-state index contributed by atoms with van der Waals surface area (Å²) in [6.07, 6.45) is -0.759. The van der Waals surface area contributed by atoms with E-state index in [1.54, 1.807) is 12.1 Å². The molecular weight excluding hydrogens is 432 g/mol. The highest BCUT2D eigenvalue weighted by Gasteiger charge is 2.30. The van der Waals surface area contributed by atoms with Crippen molar-refractivity contribution < 1.29 is 24.2 Å². The maximum atomic E-state index is 12.8. The molecule has 7 nitrogen and oxygen atoms in total. The molecule has 0 radical (unpaired) electrons. The average Bonchev–Trinajstić information content (AvgIpc) is 3.15. The van der Waals surface area contributed by atoms with Gasteiger partial charge in [-0.1, -0.05) is 78.4 Å². The Balaban J connectivity index is 1.49. The van der Waals surface area contributed by atoms with Crippen LogP contribution in [0.25, 0.3) is 11.1 Å². The zero-order valence-corrected chi connectivity index (χ0v) is 18.9. The van der Waals surface area contributed by atoms with Crippen molar-refractivity contribution in [2.24, 2.45) is 0 Å². The Morgan fingerprint density at radius 3 is 2.00 bits per heavy atom. The molecule has 34 heavy (non-hydrogen) atoms. The first kappa shape index (κ1) is 23.0. The number of carboxylic acid groups (broad SMARTS) is 1. The molecule has 0 aliphatic heterocycles. The second kappa shape index (κ2) is 9.79. The van der Waals surface area contributed by atoms with Crippen molar-refractivity contribution in [3.05, 3.63) is 95.1 Å². The van der Waals surface area contributed by atoms with E-state index < -0.39 is 30.1 Å². The van der Waals surface area contributed by atoms with E-state index in [9.17, 15) is 14.4 Å². The number of benzene rings is 3. The molecule has 0 saturated carbocycles. The Labute approximate surface area is 197 Å². The number of carboxylic acids is 1. The normalized spacial score (nSPS) is 13.8. The average molecular weight is 459 g/mol. The quantitative estimate of drug-likeness (QED) is 0.493. The van der Waals surface area contributed by atoms with E-state index in [0.29, 0.717) is 5.56 Å². The van der Waals surface area contributed by atoms with Crippen molar-refractivity contribution in [1.29, 1.82) is 0 Å². The third-order valence-electron chi connectivity index (χ3n) is 6.01. The number of carbonyl (C=O) groups excluding carboxylic acids is 2. The fourth-order valence-electron chi connectivity index (χ4n) is 4.18. The Morgan fingerprint density at radius 2 is 1.44 bits per heavy atom. The predicted molar refractivity (Wildman–Crippen MR) is 127 cm³/mol. The van der Waals surface area contributed by atoms with Gasteiger partial charge in [-0.2, -0.15) is 0 Å². The summed E-state index contributed by atoms with van der Waals surface area (Å²) < 4.78 is 5.57. The van der Waals surface area contributed by atoms with Crippen LogP contribution in [0.3, 0.4) is 0 Å². The highest BCUT2D eigenvalue weighted by atomic mass is 16.5. The molecule has 3 N–H and O–H groups in total. The van der Waals surface area contributed by atoms with Crippen LogP contribution in [0.5, 0.6) is 0 Å². The van der Waals surface area contributed by atoms with Gasteiger partial charge in [0.1, 0.15) is 18.7 Å². The minimum atomic E-state index is -1.17. The fraction of sp³-hybridized carbons (Fsp3) is 0.222. The van der Waals surface area contributed by atoms with E-state index in [4.69, 9.17) is 9.84 Å². The Bertz CT molecular complexity index is 1180. The monoisotopic (exact) mass is 458 g/mol. The molecule has 0 bridgehead atoms. The maximum absolute atomic E-state index is 12.8. The molecule has 2 atom stereocenters. The van der Waals surface area contributed by atoms with Crippen LogP contribution in [-0.4, -0.2) is 35.7 Å². The number of ether oxygens (including phenoxy) is 1. The molecule has 2 unspecified atom stereocenters. The van der Waals surface area contributed by atoms with Crippen LogP contribution in [0.1, 0.15) is 41.1 Å². The number of aryl methyl sites for hydroxylation is 1. The molecule has 0 fully saturated rings. The van der Waals surface area contributed by atoms with Crippen LogP contribution in [-0.2, 0) is 14.3 Å². The lowest BCUT2D eigenvalue weighted by Gasteiger charge is -2.21. The van der Waals surface area contributed by atoms with Gasteiger partial charge in [0.05, 0.1) is 0 Å². The molecule has 0 spiro atoms. The summed E-state index contributed by atoms with van der Waals surface area (Å²) in [5, 5.41) is 14.2. The summed E-state index contributed by atoms with van der Waals surface area (Å²) in [5.74, 6) is -1.92. The number of carbonyl (C=O) groups is 3. The minimum Gasteiger partial charge on any atom is -0.480 e. The lowest BCUT2D eigenvalue weighted by molar-refractivity contribution is -0.141. The van der Waals surface area contributed by atoms with Crippen molar-refractivity contribution in [3.8, 4) is 11.1 Å². The molecule has 7 heteroatoms. The molecule has 2 amide bonds. The number of hydrogen-bond acceptors (Lipinski definition) is 4. The molecule has 0 heterocycles. The van der Waals surface area contributed by atoms with E-state index in [0.717, 1.165) is 27.8 Å². The SMILES string of the molecule is Cc1ccc(C(NC(=O)OCC2c3ccccc3-c3ccccc32)C(=O)NC(C)C(=O)O)cc1. The standard InChI is InChI=1S/C27H26N2O5/c1-16-11-13-18(14-12-16)24(25(30)28-17(2)26(31)32)29-27(33)34-15-23-21-9-5-3-7-19(21)20-8-4-6-10-22(20)23/h3-14,17,23-24H,15H2,1-2H3,(H,28,30)(H,29,33)(H,31,32). The van der Waals surface area contributed by atoms with Gasteiger partial charge < -0.3 is 20.5 Å². The summed E-state index contributed by atoms with van der Waals surface area (Å²) in [6, 6.07) is 20.9. The highest BCUT2D eigenvalue weighted by Crippen LogP contribution is 2.44. The minimum absolute atomic E-state index is 0.105. The smallest absolute Gasteiger partial charge is 0.408 e. The number of fused-ring (bicyclic) bond motifs is 3. The molecule has 3 aromatic carbocycles. The lowest BCUT2D eigenvalue weighted by atomic mass is 9.98. The molecule has 0 aromatic heterocycles. The second-order valence-electron chi connectivity index (χ2n) is 8.38. The van der Waals surface area contributed by atoms with Gasteiger partial charge in [-0.15, -0.1) is 0 Å². The van der Waals surface area contributed by atoms with Crippen molar-refractivity contribution in [1.82, 2.24) is 10.6 Å². The molecule has 1 aliphatic rings. The first-order chi connectivity index (χ1) is 16.3. The number of aliphatic carboxylic acids is 1. The molecule has 174 valence electrons. The fourth-order valence-corrected chi connectivity index (χ4v) is 4.18. The van der Waals surface area contributed by atoms with Gasteiger partial charge in [0, 0.05) is 5.92 Å². The number of amides is 2. The predicted octanol–water partition coefficient (Wildman–Crippen LogP) is 4.16. The number of rotatable bonds is 7. The van der Waals surface area contributed by atoms with Crippen molar-refractivity contribution in [2.45, 2.75) is 31.8 Å². The van der Waals surface area contributed by atoms with E-state index in [-0.39, 0.29) is 12.5 Å². The van der Waals surface area contributed by atoms with Crippen LogP contribution in [0.4, 0.5) is 4.79 Å². The van der Waals surface area contributed by atoms with E-state index in [1.807, 2.05) is 55.5 Å². The Kier molecular flexibility index (Phi) is 6.63. The third kappa shape index (κ3) is 4.78. The van der Waals surface area contributed by atoms with Gasteiger partial charge in [-0.05, 0) is 41.7 Å². The van der Waals surface area contributed by atoms with Crippen LogP contribution in [0.15, 0.2) is 72.8 Å². The van der Waals surface area contributed by atoms with Gasteiger partial charge in [-0.3, -0.25) is 9.59 Å². The summed E-state index contributed by atoms with van der Waals surface area (Å²) in [7, 11) is 0. The van der Waals surface area contributed by atoms with Crippen LogP contribution in [0.2, 0.25) is 0 Å². The van der Waals surface area contributed by atoms with Crippen molar-refractivity contribution in [2.75, 3.05) is 6.61 Å². The summed E-state index contributed by atoms with van der Waals surface area (Å²) >= 11 is 0. The first-order valence-electron chi connectivity index (χ1n) is 11.1. The summed E-state index contributed by atoms with van der Waals surface area (Å²) in [6.45, 7) is 3.37. The lowest BCUT2D eigenvalue weighted by Crippen LogP contribution is -2.46. The van der Waals surface area contributed by atoms with E-state index in [1.165, 1.54) is 6.92 Å². The van der Waals surface area contributed by atoms with Crippen molar-refractivity contribution in [3.63, 3.8) is 0 Å². The van der Waals surface area contributed by atoms with Crippen LogP contribution >= 0.6 is 0 Å². The molecule has 0 saturated heterocycles. The van der Waals surface area contributed by atoms with Gasteiger partial charge in [0.15, 0.2) is 0 Å². The summed E-state index contributed by atoms with van der Waals surface area (Å²) in [4.78, 5) is 36.8. The van der Waals surface area contributed by atoms with Crippen LogP contribution in [0, 0.1) is 6.92 Å². The second-order valence-corrected chi connectivity index (χ2v) is 8.38. The van der Waals surface area contributed by atoms with E-state index >= 15 is 0 Å². The molecular formula is C27H26N2O5. The topological polar surface area (TPSA) is 105 Å². The van der Waals surface area contributed by atoms with Gasteiger partial charge >= 0.3 is 12.1 Å². The first-order valence-corrected chi connectivity index (χ1v) is 11.1. The Morgan fingerprint density at radius 1 is 0.882 bits per heavy atom. The number of nitrogens with one attached hydrogen (secondary N) is 2. The van der Waals surface area contributed by atoms with Crippen LogP contribution < -0.4 is 10.6 Å².